The van der Waals surface area contributed by atoms with Gasteiger partial charge in [0, 0.05) is 34.4 Å². The third-order valence-electron chi connectivity index (χ3n) is 6.11. The Morgan fingerprint density at radius 2 is 1.31 bits per heavy atom. The van der Waals surface area contributed by atoms with Crippen LogP contribution in [0.2, 0.25) is 0 Å². The van der Waals surface area contributed by atoms with Crippen LogP contribution in [-0.4, -0.2) is 9.55 Å². The van der Waals surface area contributed by atoms with E-state index in [-0.39, 0.29) is 33.1 Å². The molecule has 180 valence electrons. The van der Waals surface area contributed by atoms with Crippen LogP contribution in [0.4, 0.5) is 26.3 Å². The predicted molar refractivity (Wildman–Crippen MR) is 123 cm³/mol. The first kappa shape index (κ1) is 23.4. The molecular weight excluding hydrogens is 480 g/mol. The van der Waals surface area contributed by atoms with E-state index in [2.05, 4.69) is 11.1 Å². The highest BCUT2D eigenvalue weighted by Gasteiger charge is 2.38. The van der Waals surface area contributed by atoms with Crippen molar-refractivity contribution < 1.29 is 26.3 Å². The highest BCUT2D eigenvalue weighted by atomic mass is 19.4. The Bertz CT molecular complexity index is 1600. The zero-order chi connectivity index (χ0) is 25.8. The minimum absolute atomic E-state index is 0.0418. The number of rotatable bonds is 2. The lowest BCUT2D eigenvalue weighted by atomic mass is 9.97. The largest absolute Gasteiger partial charge is 0.418 e. The van der Waals surface area contributed by atoms with E-state index in [0.29, 0.717) is 16.7 Å². The molecule has 0 saturated carbocycles. The third kappa shape index (κ3) is 3.66. The highest BCUT2D eigenvalue weighted by molar-refractivity contribution is 6.11. The SMILES string of the molecule is Cc1cc(C#N)c(-c2ccncc2)cc1-n1c2c(C(F)(F)F)cccc2c2cccc(C(F)(F)F)c21. The average molecular weight is 495 g/mol. The molecule has 0 unspecified atom stereocenters. The minimum Gasteiger partial charge on any atom is -0.308 e. The summed E-state index contributed by atoms with van der Waals surface area (Å²) in [5.41, 5.74) is -1.28. The van der Waals surface area contributed by atoms with Crippen molar-refractivity contribution in [3.63, 3.8) is 0 Å². The van der Waals surface area contributed by atoms with Crippen molar-refractivity contribution in [2.24, 2.45) is 0 Å². The van der Waals surface area contributed by atoms with Crippen LogP contribution in [0.5, 0.6) is 0 Å². The van der Waals surface area contributed by atoms with Gasteiger partial charge in [-0.1, -0.05) is 24.3 Å². The summed E-state index contributed by atoms with van der Waals surface area (Å²) in [5.74, 6) is 0. The smallest absolute Gasteiger partial charge is 0.308 e. The number of para-hydroxylation sites is 2. The normalized spacial score (nSPS) is 12.3. The maximum absolute atomic E-state index is 14.2. The van der Waals surface area contributed by atoms with Crippen LogP contribution >= 0.6 is 0 Å². The van der Waals surface area contributed by atoms with Gasteiger partial charge in [-0.05, 0) is 54.4 Å². The van der Waals surface area contributed by atoms with Crippen molar-refractivity contribution in [3.05, 3.63) is 95.3 Å². The van der Waals surface area contributed by atoms with Crippen LogP contribution in [0, 0.1) is 18.3 Å². The van der Waals surface area contributed by atoms with Crippen LogP contribution in [0.1, 0.15) is 22.3 Å². The lowest BCUT2D eigenvalue weighted by Gasteiger charge is -2.19. The fraction of sp³-hybridized carbons (Fsp3) is 0.111. The molecule has 0 radical (unpaired) electrons. The molecule has 0 spiro atoms. The van der Waals surface area contributed by atoms with Crippen molar-refractivity contribution >= 4 is 21.8 Å². The highest BCUT2D eigenvalue weighted by Crippen LogP contribution is 2.45. The molecule has 0 atom stereocenters. The molecule has 0 aliphatic heterocycles. The maximum atomic E-state index is 14.2. The summed E-state index contributed by atoms with van der Waals surface area (Å²) in [6.07, 6.45) is -6.67. The lowest BCUT2D eigenvalue weighted by molar-refractivity contribution is -0.136. The van der Waals surface area contributed by atoms with Crippen LogP contribution in [0.25, 0.3) is 38.6 Å². The van der Waals surface area contributed by atoms with Crippen LogP contribution < -0.4 is 0 Å². The zero-order valence-electron chi connectivity index (χ0n) is 18.5. The molecule has 5 aromatic rings. The van der Waals surface area contributed by atoms with Gasteiger partial charge in [0.1, 0.15) is 0 Å². The summed E-state index contributed by atoms with van der Waals surface area (Å²) in [7, 11) is 0. The first-order chi connectivity index (χ1) is 17.0. The van der Waals surface area contributed by atoms with Gasteiger partial charge in [-0.15, -0.1) is 0 Å². The summed E-state index contributed by atoms with van der Waals surface area (Å²) < 4.78 is 86.0. The zero-order valence-corrected chi connectivity index (χ0v) is 18.5. The second-order valence-electron chi connectivity index (χ2n) is 8.27. The van der Waals surface area contributed by atoms with E-state index in [1.807, 2.05) is 0 Å². The van der Waals surface area contributed by atoms with Gasteiger partial charge in [0.15, 0.2) is 0 Å². The molecule has 2 aromatic heterocycles. The fourth-order valence-corrected chi connectivity index (χ4v) is 4.61. The Hall–Kier alpha value is -4.32. The number of fused-ring (bicyclic) bond motifs is 3. The molecule has 0 amide bonds. The fourth-order valence-electron chi connectivity index (χ4n) is 4.61. The van der Waals surface area contributed by atoms with Gasteiger partial charge in [0.25, 0.3) is 0 Å². The van der Waals surface area contributed by atoms with E-state index >= 15 is 0 Å². The van der Waals surface area contributed by atoms with Gasteiger partial charge in [0.2, 0.25) is 0 Å². The van der Waals surface area contributed by atoms with E-state index in [1.54, 1.807) is 19.1 Å². The van der Waals surface area contributed by atoms with Crippen molar-refractivity contribution in [2.75, 3.05) is 0 Å². The number of hydrogen-bond donors (Lipinski definition) is 0. The van der Waals surface area contributed by atoms with E-state index in [9.17, 15) is 31.6 Å². The number of hydrogen-bond acceptors (Lipinski definition) is 2. The van der Waals surface area contributed by atoms with Crippen molar-refractivity contribution in [2.45, 2.75) is 19.3 Å². The Kier molecular flexibility index (Phi) is 5.29. The summed E-state index contributed by atoms with van der Waals surface area (Å²) in [4.78, 5) is 3.94. The predicted octanol–water partition coefficient (Wildman–Crippen LogP) is 8.06. The molecule has 36 heavy (non-hydrogen) atoms. The monoisotopic (exact) mass is 495 g/mol. The number of aryl methyl sites for hydroxylation is 1. The second kappa shape index (κ2) is 8.12. The number of pyridine rings is 1. The van der Waals surface area contributed by atoms with Gasteiger partial charge in [-0.3, -0.25) is 4.98 Å². The Morgan fingerprint density at radius 1 is 0.778 bits per heavy atom. The second-order valence-corrected chi connectivity index (χ2v) is 8.27. The minimum atomic E-state index is -4.82. The number of halogens is 6. The molecule has 3 aromatic carbocycles. The average Bonchev–Trinajstić information content (AvgIpc) is 3.17. The quantitative estimate of drug-likeness (QED) is 0.233. The van der Waals surface area contributed by atoms with E-state index in [0.717, 1.165) is 16.7 Å². The van der Waals surface area contributed by atoms with Gasteiger partial charge >= 0.3 is 12.4 Å². The lowest BCUT2D eigenvalue weighted by Crippen LogP contribution is -2.11. The molecule has 9 heteroatoms. The van der Waals surface area contributed by atoms with Crippen molar-refractivity contribution in [1.29, 1.82) is 5.26 Å². The topological polar surface area (TPSA) is 41.6 Å². The molecule has 5 rings (SSSR count). The first-order valence-corrected chi connectivity index (χ1v) is 10.7. The standard InChI is InChI=1S/C27H15F6N3/c1-15-12-17(14-34)20(16-8-10-35-11-9-16)13-23(15)36-24-18(4-2-6-21(24)26(28,29)30)19-5-3-7-22(25(19)36)27(31,32)33/h2-13H,1H3. The summed E-state index contributed by atoms with van der Waals surface area (Å²) in [5, 5.41) is 9.78. The Balaban J connectivity index is 2.03. The van der Waals surface area contributed by atoms with E-state index in [1.165, 1.54) is 48.8 Å². The summed E-state index contributed by atoms with van der Waals surface area (Å²) in [6.45, 7) is 1.55. The van der Waals surface area contributed by atoms with Crippen LogP contribution in [0.15, 0.2) is 73.1 Å². The molecular formula is C27H15F6N3. The number of nitrogens with zero attached hydrogens (tertiary/aromatic N) is 3. The van der Waals surface area contributed by atoms with Crippen LogP contribution in [0.3, 0.4) is 0 Å². The van der Waals surface area contributed by atoms with Gasteiger partial charge < -0.3 is 4.57 Å². The molecule has 0 aliphatic carbocycles. The maximum Gasteiger partial charge on any atom is 0.418 e. The van der Waals surface area contributed by atoms with E-state index in [4.69, 9.17) is 0 Å². The number of aromatic nitrogens is 2. The molecule has 0 N–H and O–H groups in total. The van der Waals surface area contributed by atoms with Crippen molar-refractivity contribution in [1.82, 2.24) is 9.55 Å². The van der Waals surface area contributed by atoms with Crippen molar-refractivity contribution in [3.8, 4) is 22.9 Å². The summed E-state index contributed by atoms with van der Waals surface area (Å²) in [6, 6.07) is 15.1. The summed E-state index contributed by atoms with van der Waals surface area (Å²) >= 11 is 0. The number of nitriles is 1. The van der Waals surface area contributed by atoms with Crippen LogP contribution in [-0.2, 0) is 12.4 Å². The number of alkyl halides is 6. The molecule has 0 fully saturated rings. The molecule has 0 bridgehead atoms. The van der Waals surface area contributed by atoms with Gasteiger partial charge in [0.05, 0.1) is 33.8 Å². The number of benzene rings is 3. The Morgan fingerprint density at radius 3 is 1.78 bits per heavy atom. The van der Waals surface area contributed by atoms with Gasteiger partial charge in [-0.25, -0.2) is 0 Å². The molecule has 0 saturated heterocycles. The third-order valence-corrected chi connectivity index (χ3v) is 6.11. The Labute approximate surface area is 200 Å². The van der Waals surface area contributed by atoms with E-state index < -0.39 is 23.5 Å². The molecule has 2 heterocycles. The molecule has 0 aliphatic rings. The van der Waals surface area contributed by atoms with Gasteiger partial charge in [-0.2, -0.15) is 31.6 Å². The molecule has 3 nitrogen and oxygen atoms in total. The first-order valence-electron chi connectivity index (χ1n) is 10.7.